The molecule has 0 saturated carbocycles. The van der Waals surface area contributed by atoms with Gasteiger partial charge in [0.05, 0.1) is 0 Å². The molecule has 0 atom stereocenters. The van der Waals surface area contributed by atoms with Crippen molar-refractivity contribution in [3.05, 3.63) is 114 Å². The first-order chi connectivity index (χ1) is 23.6. The van der Waals surface area contributed by atoms with Gasteiger partial charge in [-0.2, -0.15) is 0 Å². The number of fused-ring (bicyclic) bond motifs is 13. The molecule has 6 aromatic carbocycles. The number of hydrogen-bond donors (Lipinski definition) is 0. The summed E-state index contributed by atoms with van der Waals surface area (Å²) >= 11 is 4.01. The van der Waals surface area contributed by atoms with Crippen LogP contribution in [0.5, 0.6) is 0 Å². The van der Waals surface area contributed by atoms with Gasteiger partial charge < -0.3 is 4.81 Å². The average molecular weight is 664 g/mol. The van der Waals surface area contributed by atoms with Crippen molar-refractivity contribution < 1.29 is 0 Å². The molecule has 7 aromatic rings. The highest BCUT2D eigenvalue weighted by Crippen LogP contribution is 2.52. The lowest BCUT2D eigenvalue weighted by Gasteiger charge is -2.50. The fraction of sp³-hybridized carbons (Fsp3) is 0.182. The summed E-state index contributed by atoms with van der Waals surface area (Å²) in [5.74, 6) is 0. The van der Waals surface area contributed by atoms with Gasteiger partial charge in [0.15, 0.2) is 0 Å². The predicted molar refractivity (Wildman–Crippen MR) is 216 cm³/mol. The molecular weight excluding hydrogens is 628 g/mol. The van der Waals surface area contributed by atoms with E-state index in [0.717, 1.165) is 0 Å². The van der Waals surface area contributed by atoms with Crippen molar-refractivity contribution in [2.45, 2.75) is 62.2 Å². The lowest BCUT2D eigenvalue weighted by Crippen LogP contribution is -2.68. The topological polar surface area (TPSA) is 3.24 Å². The van der Waals surface area contributed by atoms with Crippen LogP contribution in [0.1, 0.15) is 52.7 Å². The molecule has 4 aliphatic rings. The van der Waals surface area contributed by atoms with Gasteiger partial charge in [-0.05, 0) is 88.7 Å². The van der Waals surface area contributed by atoms with Crippen LogP contribution < -0.4 is 31.4 Å². The van der Waals surface area contributed by atoms with Crippen LogP contribution in [0.3, 0.4) is 0 Å². The van der Waals surface area contributed by atoms with Crippen LogP contribution in [-0.4, -0.2) is 13.6 Å². The van der Waals surface area contributed by atoms with E-state index in [0.29, 0.717) is 0 Å². The first-order valence-electron chi connectivity index (χ1n) is 17.6. The number of anilines is 2. The minimum atomic E-state index is 0.000594. The van der Waals surface area contributed by atoms with E-state index in [2.05, 4.69) is 149 Å². The third-order valence-electron chi connectivity index (χ3n) is 11.6. The van der Waals surface area contributed by atoms with Gasteiger partial charge >= 0.3 is 6.85 Å². The SMILES string of the molecule is CC(C)(C)c1ccc2c(c1)B1c3ccc4ccccc4c3-c3cc(C(C)(C)C)cc4c3N1c1c-2ccc2c1B4c1sc3ccccc3c1S2. The van der Waals surface area contributed by atoms with E-state index in [1.165, 1.54) is 102 Å². The van der Waals surface area contributed by atoms with Crippen LogP contribution >= 0.6 is 23.1 Å². The lowest BCUT2D eigenvalue weighted by atomic mass is 9.33. The molecular formula is C44H35B2NS2. The van der Waals surface area contributed by atoms with E-state index in [-0.39, 0.29) is 24.4 Å². The molecule has 234 valence electrons. The van der Waals surface area contributed by atoms with Crippen molar-refractivity contribution in [1.82, 2.24) is 0 Å². The lowest BCUT2D eigenvalue weighted by molar-refractivity contribution is 0.590. The van der Waals surface area contributed by atoms with Crippen LogP contribution in [0.25, 0.3) is 43.1 Å². The quantitative estimate of drug-likeness (QED) is 0.149. The third kappa shape index (κ3) is 3.65. The highest BCUT2D eigenvalue weighted by Gasteiger charge is 2.52. The Balaban J connectivity index is 1.35. The predicted octanol–water partition coefficient (Wildman–Crippen LogP) is 8.85. The normalized spacial score (nSPS) is 14.9. The Kier molecular flexibility index (Phi) is 5.45. The molecule has 0 spiro atoms. The number of benzene rings is 6. The number of rotatable bonds is 0. The highest BCUT2D eigenvalue weighted by molar-refractivity contribution is 8.00. The first kappa shape index (κ1) is 28.6. The summed E-state index contributed by atoms with van der Waals surface area (Å²) in [6.07, 6.45) is 0. The molecule has 4 aliphatic heterocycles. The standard InChI is InChI=1S/C44H35B2NS2/c1-43(2,3)25-16-17-28-29-18-20-36-38-40(29)47-39-31(37-27-12-8-7-11-24(27)15-19-32(37)46(47)33(28)22-25)21-26(44(4,5)6)23-34(39)45(38)42-41(48-36)30-13-9-10-14-35(30)49-42/h7-23H,1-6H3. The van der Waals surface area contributed by atoms with Crippen molar-refractivity contribution in [3.8, 4) is 22.3 Å². The summed E-state index contributed by atoms with van der Waals surface area (Å²) in [6, 6.07) is 40.3. The second-order valence-electron chi connectivity index (χ2n) is 16.5. The maximum atomic E-state index is 2.80. The molecule has 1 aromatic heterocycles. The van der Waals surface area contributed by atoms with Crippen molar-refractivity contribution in [2.24, 2.45) is 0 Å². The van der Waals surface area contributed by atoms with Gasteiger partial charge in [0.2, 0.25) is 0 Å². The van der Waals surface area contributed by atoms with Crippen molar-refractivity contribution >= 4 is 95.5 Å². The minimum Gasteiger partial charge on any atom is -0.377 e. The zero-order valence-electron chi connectivity index (χ0n) is 28.7. The van der Waals surface area contributed by atoms with E-state index in [1.54, 1.807) is 0 Å². The van der Waals surface area contributed by atoms with Crippen LogP contribution in [0, 0.1) is 0 Å². The summed E-state index contributed by atoms with van der Waals surface area (Å²) < 4.78 is 2.90. The van der Waals surface area contributed by atoms with Crippen LogP contribution in [0.15, 0.2) is 113 Å². The molecule has 0 N–H and O–H groups in total. The summed E-state index contributed by atoms with van der Waals surface area (Å²) in [5, 5.41) is 4.06. The zero-order valence-corrected chi connectivity index (χ0v) is 30.4. The molecule has 11 rings (SSSR count). The van der Waals surface area contributed by atoms with E-state index in [4.69, 9.17) is 0 Å². The Morgan fingerprint density at radius 3 is 2.14 bits per heavy atom. The number of thiophene rings is 1. The molecule has 0 amide bonds. The van der Waals surface area contributed by atoms with Crippen molar-refractivity contribution in [2.75, 3.05) is 4.81 Å². The molecule has 0 saturated heterocycles. The summed E-state index contributed by atoms with van der Waals surface area (Å²) in [5.41, 5.74) is 17.1. The molecule has 0 fully saturated rings. The molecule has 0 radical (unpaired) electrons. The van der Waals surface area contributed by atoms with Crippen LogP contribution in [0.2, 0.25) is 0 Å². The Bertz CT molecular complexity index is 2640. The Morgan fingerprint density at radius 1 is 0.592 bits per heavy atom. The van der Waals surface area contributed by atoms with Crippen LogP contribution in [0.4, 0.5) is 11.4 Å². The Morgan fingerprint density at radius 2 is 1.33 bits per heavy atom. The molecule has 5 heterocycles. The molecule has 49 heavy (non-hydrogen) atoms. The average Bonchev–Trinajstić information content (AvgIpc) is 3.46. The Hall–Kier alpha value is -4.18. The van der Waals surface area contributed by atoms with Crippen molar-refractivity contribution in [3.63, 3.8) is 0 Å². The molecule has 5 heteroatoms. The zero-order chi connectivity index (χ0) is 33.1. The highest BCUT2D eigenvalue weighted by atomic mass is 32.2. The van der Waals surface area contributed by atoms with Gasteiger partial charge in [0.1, 0.15) is 0 Å². The van der Waals surface area contributed by atoms with Gasteiger partial charge in [-0.1, -0.05) is 138 Å². The van der Waals surface area contributed by atoms with Gasteiger partial charge in [-0.25, -0.2) is 0 Å². The van der Waals surface area contributed by atoms with Gasteiger partial charge in [-0.15, -0.1) is 11.3 Å². The molecule has 0 unspecified atom stereocenters. The van der Waals surface area contributed by atoms with Gasteiger partial charge in [0, 0.05) is 42.4 Å². The maximum Gasteiger partial charge on any atom is 0.329 e. The number of hydrogen-bond acceptors (Lipinski definition) is 3. The molecule has 0 bridgehead atoms. The monoisotopic (exact) mass is 663 g/mol. The fourth-order valence-electron chi connectivity index (χ4n) is 9.21. The van der Waals surface area contributed by atoms with Gasteiger partial charge in [-0.3, -0.25) is 0 Å². The second kappa shape index (κ2) is 9.33. The second-order valence-corrected chi connectivity index (χ2v) is 18.6. The van der Waals surface area contributed by atoms with E-state index in [1.807, 2.05) is 23.1 Å². The Labute approximate surface area is 297 Å². The molecule has 1 nitrogen and oxygen atoms in total. The summed E-state index contributed by atoms with van der Waals surface area (Å²) in [4.78, 5) is 5.66. The summed E-state index contributed by atoms with van der Waals surface area (Å²) in [6.45, 7) is 14.5. The van der Waals surface area contributed by atoms with Crippen LogP contribution in [-0.2, 0) is 10.8 Å². The van der Waals surface area contributed by atoms with E-state index in [9.17, 15) is 0 Å². The first-order valence-corrected chi connectivity index (χ1v) is 19.2. The van der Waals surface area contributed by atoms with Crippen molar-refractivity contribution in [1.29, 1.82) is 0 Å². The maximum absolute atomic E-state index is 2.80. The largest absolute Gasteiger partial charge is 0.377 e. The minimum absolute atomic E-state index is 0.000594. The van der Waals surface area contributed by atoms with E-state index < -0.39 is 0 Å². The summed E-state index contributed by atoms with van der Waals surface area (Å²) in [7, 11) is 0. The molecule has 0 aliphatic carbocycles. The number of nitrogens with zero attached hydrogens (tertiary/aromatic N) is 1. The third-order valence-corrected chi connectivity index (χ3v) is 14.2. The smallest absolute Gasteiger partial charge is 0.329 e. The van der Waals surface area contributed by atoms with E-state index >= 15 is 0 Å². The van der Waals surface area contributed by atoms with Gasteiger partial charge in [0.25, 0.3) is 6.71 Å². The fourth-order valence-corrected chi connectivity index (χ4v) is 11.9.